The van der Waals surface area contributed by atoms with Gasteiger partial charge in [-0.1, -0.05) is 71.2 Å². The second kappa shape index (κ2) is 20.2. The van der Waals surface area contributed by atoms with Gasteiger partial charge in [-0.15, -0.1) is 35.3 Å². The highest BCUT2D eigenvalue weighted by molar-refractivity contribution is 7.99. The lowest BCUT2D eigenvalue weighted by molar-refractivity contribution is 0.0621. The Balaban J connectivity index is 0.000000140. The number of amides is 1. The molecule has 5 heterocycles. The van der Waals surface area contributed by atoms with Gasteiger partial charge in [0.25, 0.3) is 5.91 Å². The van der Waals surface area contributed by atoms with Crippen molar-refractivity contribution in [3.05, 3.63) is 220 Å². The molecule has 0 radical (unpaired) electrons. The molecular formula is C52H39Cl3F3N3O5S3. The minimum Gasteiger partial charge on any atom is -0.502 e. The van der Waals surface area contributed by atoms with Crippen LogP contribution in [-0.2, 0) is 17.3 Å². The van der Waals surface area contributed by atoms with Gasteiger partial charge in [-0.2, -0.15) is 0 Å². The molecule has 17 heteroatoms. The number of carbonyl (C=O) groups excluding carboxylic acids is 2. The fraction of sp³-hybridized carbons (Fsp3) is 0.173. The molecule has 0 saturated carbocycles. The van der Waals surface area contributed by atoms with Gasteiger partial charge >= 0.3 is 0 Å². The molecule has 0 aliphatic carbocycles. The summed E-state index contributed by atoms with van der Waals surface area (Å²) in [5, 5.41) is 24.7. The normalized spacial score (nSPS) is 16.6. The van der Waals surface area contributed by atoms with Crippen molar-refractivity contribution in [1.82, 2.24) is 9.58 Å². The third-order valence-electron chi connectivity index (χ3n) is 12.1. The monoisotopic (exact) mass is 1040 g/mol. The molecule has 0 bridgehead atoms. The lowest BCUT2D eigenvalue weighted by atomic mass is 9.94. The van der Waals surface area contributed by atoms with E-state index >= 15 is 0 Å². The van der Waals surface area contributed by atoms with E-state index in [1.54, 1.807) is 70.9 Å². The minimum absolute atomic E-state index is 0.110. The number of pyridine rings is 1. The number of nitrogens with zero attached hydrogens (tertiary/aromatic N) is 3. The van der Waals surface area contributed by atoms with E-state index < -0.39 is 35.0 Å². The van der Waals surface area contributed by atoms with E-state index in [-0.39, 0.29) is 35.8 Å². The maximum absolute atomic E-state index is 14.5. The van der Waals surface area contributed by atoms with Crippen LogP contribution < -0.4 is 10.4 Å². The molecule has 1 aromatic heterocycles. The minimum atomic E-state index is -0.820. The average molecular weight is 1050 g/mol. The Morgan fingerprint density at radius 3 is 1.78 bits per heavy atom. The molecule has 0 fully saturated rings. The van der Waals surface area contributed by atoms with Crippen molar-refractivity contribution in [2.24, 2.45) is 0 Å². The Morgan fingerprint density at radius 1 is 0.609 bits per heavy atom. The van der Waals surface area contributed by atoms with Crippen LogP contribution in [0.25, 0.3) is 0 Å². The molecule has 0 saturated heterocycles. The molecule has 2 atom stereocenters. The highest BCUT2D eigenvalue weighted by Gasteiger charge is 2.40. The topological polar surface area (TPSA) is 103 Å². The van der Waals surface area contributed by atoms with Crippen LogP contribution in [0.5, 0.6) is 5.75 Å². The standard InChI is InChI=1S/C24H21ClFN3O3S.C14H10ClFOS.C14H8ClFOS/c1-13(2)27-12-29(28-9-8-19(30)23(31)22(28)24(27)32)21-15-4-3-5-18(25)17(15)11-33-20-7-6-14(26)10-16(20)21;2*15-12-3-1-2-9-11(12)7-18-13-5-4-8(16)6-10(13)14(9)17/h3-10,13,21,31H,11-12H2,1-2H3;1-6,14,17H,7H2;1-6H,7H2. The summed E-state index contributed by atoms with van der Waals surface area (Å²) in [6.45, 7) is 3.90. The number of fused-ring (bicyclic) bond motifs is 7. The highest BCUT2D eigenvalue weighted by Crippen LogP contribution is 2.46. The fourth-order valence-electron chi connectivity index (χ4n) is 8.63. The number of hydrogen-bond acceptors (Lipinski definition) is 9. The Hall–Kier alpha value is -5.32. The summed E-state index contributed by atoms with van der Waals surface area (Å²) in [7, 11) is 0. The van der Waals surface area contributed by atoms with Crippen LogP contribution in [0.3, 0.4) is 0 Å². The largest absolute Gasteiger partial charge is 0.502 e. The Morgan fingerprint density at radius 2 is 1.13 bits per heavy atom. The quantitative estimate of drug-likeness (QED) is 0.175. The van der Waals surface area contributed by atoms with Gasteiger partial charge in [0.2, 0.25) is 5.43 Å². The summed E-state index contributed by atoms with van der Waals surface area (Å²) in [5.74, 6) is -0.394. The van der Waals surface area contributed by atoms with Crippen LogP contribution in [-0.4, -0.2) is 44.2 Å². The number of aromatic hydroxyl groups is 1. The van der Waals surface area contributed by atoms with E-state index in [9.17, 15) is 37.8 Å². The molecule has 69 heavy (non-hydrogen) atoms. The van der Waals surface area contributed by atoms with Crippen LogP contribution in [0.15, 0.2) is 141 Å². The van der Waals surface area contributed by atoms with Gasteiger partial charge in [0, 0.05) is 82.0 Å². The molecule has 4 aliphatic heterocycles. The maximum atomic E-state index is 14.5. The van der Waals surface area contributed by atoms with Crippen molar-refractivity contribution in [3.8, 4) is 5.75 Å². The first-order valence-corrected chi connectivity index (χ1v) is 25.5. The third kappa shape index (κ3) is 9.52. The molecule has 352 valence electrons. The summed E-state index contributed by atoms with van der Waals surface area (Å²) in [4.78, 5) is 42.0. The van der Waals surface area contributed by atoms with E-state index in [0.29, 0.717) is 49.0 Å². The Kier molecular flexibility index (Phi) is 14.2. The zero-order valence-corrected chi connectivity index (χ0v) is 41.3. The van der Waals surface area contributed by atoms with Crippen LogP contribution in [0.1, 0.15) is 91.3 Å². The smallest absolute Gasteiger partial charge is 0.278 e. The predicted octanol–water partition coefficient (Wildman–Crippen LogP) is 13.0. The zero-order chi connectivity index (χ0) is 48.8. The van der Waals surface area contributed by atoms with Crippen molar-refractivity contribution in [3.63, 3.8) is 0 Å². The molecule has 7 aromatic rings. The number of aliphatic hydroxyl groups excluding tert-OH is 1. The molecule has 0 spiro atoms. The number of carbonyl (C=O) groups is 2. The summed E-state index contributed by atoms with van der Waals surface area (Å²) < 4.78 is 42.6. The first-order chi connectivity index (χ1) is 33.1. The number of benzene rings is 6. The van der Waals surface area contributed by atoms with E-state index in [0.717, 1.165) is 48.1 Å². The maximum Gasteiger partial charge on any atom is 0.278 e. The number of hydrogen-bond donors (Lipinski definition) is 2. The Labute approximate surface area is 423 Å². The van der Waals surface area contributed by atoms with Crippen molar-refractivity contribution in [2.75, 3.05) is 11.7 Å². The van der Waals surface area contributed by atoms with Gasteiger partial charge in [-0.3, -0.25) is 24.1 Å². The molecule has 8 nitrogen and oxygen atoms in total. The van der Waals surface area contributed by atoms with Crippen LogP contribution in [0.2, 0.25) is 15.1 Å². The summed E-state index contributed by atoms with van der Waals surface area (Å²) in [6, 6.07) is 30.3. The van der Waals surface area contributed by atoms with Crippen molar-refractivity contribution in [1.29, 1.82) is 0 Å². The molecule has 11 rings (SSSR count). The summed E-state index contributed by atoms with van der Waals surface area (Å²) in [6.07, 6.45) is 0.660. The van der Waals surface area contributed by atoms with E-state index in [1.165, 1.54) is 65.1 Å². The average Bonchev–Trinajstić information content (AvgIpc) is 3.65. The van der Waals surface area contributed by atoms with Gasteiger partial charge in [0.1, 0.15) is 30.2 Å². The highest BCUT2D eigenvalue weighted by atomic mass is 35.5. The number of ketones is 1. The van der Waals surface area contributed by atoms with Crippen LogP contribution in [0, 0.1) is 17.5 Å². The van der Waals surface area contributed by atoms with E-state index in [2.05, 4.69) is 0 Å². The van der Waals surface area contributed by atoms with Crippen molar-refractivity contribution < 1.29 is 33.0 Å². The third-order valence-corrected chi connectivity index (χ3v) is 16.5. The lowest BCUT2D eigenvalue weighted by Crippen LogP contribution is -2.57. The van der Waals surface area contributed by atoms with Gasteiger partial charge < -0.3 is 15.1 Å². The van der Waals surface area contributed by atoms with Gasteiger partial charge in [0.15, 0.2) is 17.2 Å². The SMILES string of the molecule is CC(C)N1CN(C2c3cc(F)ccc3SCc3c(Cl)cccc32)n2ccc(=O)c(O)c2C1=O.O=C1c2cc(F)ccc2SCc2c(Cl)cccc21.OC1c2cc(F)ccc2SCc2c(Cl)cccc21. The van der Waals surface area contributed by atoms with E-state index in [1.807, 2.05) is 49.2 Å². The van der Waals surface area contributed by atoms with Crippen molar-refractivity contribution in [2.45, 2.75) is 64.0 Å². The predicted molar refractivity (Wildman–Crippen MR) is 268 cm³/mol. The van der Waals surface area contributed by atoms with Crippen LogP contribution >= 0.6 is 70.1 Å². The summed E-state index contributed by atoms with van der Waals surface area (Å²) >= 11 is 23.5. The molecule has 1 amide bonds. The fourth-order valence-corrected chi connectivity index (χ4v) is 12.9. The van der Waals surface area contributed by atoms with Crippen molar-refractivity contribution >= 4 is 81.8 Å². The number of thioether (sulfide) groups is 3. The van der Waals surface area contributed by atoms with E-state index in [4.69, 9.17) is 34.8 Å². The first kappa shape index (κ1) is 48.7. The van der Waals surface area contributed by atoms with Gasteiger partial charge in [0.05, 0.1) is 6.04 Å². The molecule has 4 aliphatic rings. The number of aliphatic hydroxyl groups is 1. The molecule has 6 aromatic carbocycles. The lowest BCUT2D eigenvalue weighted by Gasteiger charge is -2.45. The molecular weight excluding hydrogens is 1010 g/mol. The Bertz CT molecular complexity index is 3260. The van der Waals surface area contributed by atoms with Gasteiger partial charge in [-0.25, -0.2) is 13.2 Å². The van der Waals surface area contributed by atoms with Crippen LogP contribution in [0.4, 0.5) is 13.2 Å². The second-order valence-electron chi connectivity index (χ2n) is 16.6. The molecule has 2 N–H and O–H groups in total. The second-order valence-corrected chi connectivity index (χ2v) is 20.8. The number of halogens is 6. The number of rotatable bonds is 2. The summed E-state index contributed by atoms with van der Waals surface area (Å²) in [5.41, 5.74) is 5.89. The molecule has 2 unspecified atom stereocenters. The zero-order valence-electron chi connectivity index (χ0n) is 36.6. The first-order valence-electron chi connectivity index (χ1n) is 21.4. The van der Waals surface area contributed by atoms with Gasteiger partial charge in [-0.05, 0) is 120 Å². The number of aromatic nitrogens is 1.